The van der Waals surface area contributed by atoms with Gasteiger partial charge in [0.15, 0.2) is 0 Å². The zero-order chi connectivity index (χ0) is 9.10. The third-order valence-corrected chi connectivity index (χ3v) is 2.46. The molecule has 1 saturated carbocycles. The minimum absolute atomic E-state index is 0.976. The lowest BCUT2D eigenvalue weighted by Crippen LogP contribution is -2.19. The first-order chi connectivity index (χ1) is 6.34. The molecule has 1 heterocycles. The Balaban J connectivity index is 1.61. The lowest BCUT2D eigenvalue weighted by molar-refractivity contribution is 0.627. The van der Waals surface area contributed by atoms with Crippen LogP contribution in [0.5, 0.6) is 0 Å². The SMILES string of the molecule is Cn1ccc(CCNCC2CC2)n1. The molecule has 0 atom stereocenters. The van der Waals surface area contributed by atoms with Crippen molar-refractivity contribution in [3.63, 3.8) is 0 Å². The Morgan fingerprint density at radius 2 is 2.46 bits per heavy atom. The average Bonchev–Trinajstić information content (AvgIpc) is 2.84. The average molecular weight is 179 g/mol. The Kier molecular flexibility index (Phi) is 2.64. The molecule has 2 rings (SSSR count). The lowest BCUT2D eigenvalue weighted by Gasteiger charge is -2.00. The van der Waals surface area contributed by atoms with E-state index in [1.807, 2.05) is 17.9 Å². The van der Waals surface area contributed by atoms with Crippen LogP contribution in [0.25, 0.3) is 0 Å². The molecule has 0 aliphatic heterocycles. The molecule has 1 aliphatic carbocycles. The van der Waals surface area contributed by atoms with E-state index in [4.69, 9.17) is 0 Å². The van der Waals surface area contributed by atoms with Crippen molar-refractivity contribution in [2.45, 2.75) is 19.3 Å². The fourth-order valence-corrected chi connectivity index (χ4v) is 1.44. The summed E-state index contributed by atoms with van der Waals surface area (Å²) < 4.78 is 1.86. The Labute approximate surface area is 79.1 Å². The van der Waals surface area contributed by atoms with E-state index >= 15 is 0 Å². The molecule has 1 aromatic heterocycles. The van der Waals surface area contributed by atoms with Crippen molar-refractivity contribution in [1.82, 2.24) is 15.1 Å². The van der Waals surface area contributed by atoms with E-state index in [2.05, 4.69) is 16.5 Å². The maximum absolute atomic E-state index is 4.32. The third kappa shape index (κ3) is 2.84. The molecular formula is C10H17N3. The van der Waals surface area contributed by atoms with Gasteiger partial charge in [-0.15, -0.1) is 0 Å². The van der Waals surface area contributed by atoms with Gasteiger partial charge in [-0.1, -0.05) is 0 Å². The molecule has 1 fully saturated rings. The van der Waals surface area contributed by atoms with Gasteiger partial charge in [0, 0.05) is 26.2 Å². The van der Waals surface area contributed by atoms with Crippen LogP contribution in [0, 0.1) is 5.92 Å². The van der Waals surface area contributed by atoms with Gasteiger partial charge in [-0.25, -0.2) is 0 Å². The molecule has 1 aromatic rings. The molecule has 3 nitrogen and oxygen atoms in total. The van der Waals surface area contributed by atoms with Crippen molar-refractivity contribution < 1.29 is 0 Å². The third-order valence-electron chi connectivity index (χ3n) is 2.46. The highest BCUT2D eigenvalue weighted by Gasteiger charge is 2.19. The first kappa shape index (κ1) is 8.75. The van der Waals surface area contributed by atoms with E-state index in [0.29, 0.717) is 0 Å². The predicted molar refractivity (Wildman–Crippen MR) is 52.5 cm³/mol. The maximum atomic E-state index is 4.32. The molecule has 0 saturated heterocycles. The minimum Gasteiger partial charge on any atom is -0.316 e. The first-order valence-corrected chi connectivity index (χ1v) is 5.04. The summed E-state index contributed by atoms with van der Waals surface area (Å²) in [5.74, 6) is 0.976. The number of hydrogen-bond acceptors (Lipinski definition) is 2. The van der Waals surface area contributed by atoms with Crippen LogP contribution >= 0.6 is 0 Å². The summed E-state index contributed by atoms with van der Waals surface area (Å²) in [4.78, 5) is 0. The number of nitrogens with zero attached hydrogens (tertiary/aromatic N) is 2. The van der Waals surface area contributed by atoms with E-state index in [0.717, 1.165) is 18.9 Å². The van der Waals surface area contributed by atoms with Crippen LogP contribution in [0.3, 0.4) is 0 Å². The van der Waals surface area contributed by atoms with E-state index in [-0.39, 0.29) is 0 Å². The molecule has 0 amide bonds. The molecule has 0 unspecified atom stereocenters. The normalized spacial score (nSPS) is 16.4. The van der Waals surface area contributed by atoms with Gasteiger partial charge in [-0.05, 0) is 31.4 Å². The highest BCUT2D eigenvalue weighted by molar-refractivity contribution is 4.98. The molecule has 72 valence electrons. The molecule has 0 radical (unpaired) electrons. The van der Waals surface area contributed by atoms with Crippen LogP contribution in [-0.4, -0.2) is 22.9 Å². The van der Waals surface area contributed by atoms with Gasteiger partial charge in [0.2, 0.25) is 0 Å². The summed E-state index contributed by atoms with van der Waals surface area (Å²) in [5, 5.41) is 7.78. The van der Waals surface area contributed by atoms with E-state index in [1.165, 1.54) is 25.1 Å². The van der Waals surface area contributed by atoms with Crippen LogP contribution in [0.4, 0.5) is 0 Å². The van der Waals surface area contributed by atoms with Gasteiger partial charge in [0.1, 0.15) is 0 Å². The maximum Gasteiger partial charge on any atom is 0.0637 e. The monoisotopic (exact) mass is 179 g/mol. The number of aryl methyl sites for hydroxylation is 1. The van der Waals surface area contributed by atoms with Crippen molar-refractivity contribution in [2.24, 2.45) is 13.0 Å². The van der Waals surface area contributed by atoms with Gasteiger partial charge in [-0.2, -0.15) is 5.10 Å². The smallest absolute Gasteiger partial charge is 0.0637 e. The molecular weight excluding hydrogens is 162 g/mol. The van der Waals surface area contributed by atoms with Crippen molar-refractivity contribution in [2.75, 3.05) is 13.1 Å². The van der Waals surface area contributed by atoms with Crippen molar-refractivity contribution in [3.8, 4) is 0 Å². The number of hydrogen-bond donors (Lipinski definition) is 1. The van der Waals surface area contributed by atoms with E-state index in [9.17, 15) is 0 Å². The van der Waals surface area contributed by atoms with Crippen LogP contribution in [0.1, 0.15) is 18.5 Å². The summed E-state index contributed by atoms with van der Waals surface area (Å²) in [6, 6.07) is 2.08. The predicted octanol–water partition coefficient (Wildman–Crippen LogP) is 0.962. The quantitative estimate of drug-likeness (QED) is 0.682. The molecule has 13 heavy (non-hydrogen) atoms. The van der Waals surface area contributed by atoms with Crippen LogP contribution < -0.4 is 5.32 Å². The van der Waals surface area contributed by atoms with Crippen LogP contribution in [0.2, 0.25) is 0 Å². The Morgan fingerprint density at radius 3 is 3.08 bits per heavy atom. The standard InChI is InChI=1S/C10H17N3/c1-13-7-5-10(12-13)4-6-11-8-9-2-3-9/h5,7,9,11H,2-4,6,8H2,1H3. The van der Waals surface area contributed by atoms with Crippen molar-refractivity contribution in [3.05, 3.63) is 18.0 Å². The molecule has 3 heteroatoms. The van der Waals surface area contributed by atoms with Gasteiger partial charge in [0.25, 0.3) is 0 Å². The van der Waals surface area contributed by atoms with E-state index < -0.39 is 0 Å². The molecule has 1 N–H and O–H groups in total. The molecule has 1 aliphatic rings. The highest BCUT2D eigenvalue weighted by Crippen LogP contribution is 2.27. The summed E-state index contributed by atoms with van der Waals surface area (Å²) >= 11 is 0. The van der Waals surface area contributed by atoms with Crippen LogP contribution in [0.15, 0.2) is 12.3 Å². The van der Waals surface area contributed by atoms with Crippen molar-refractivity contribution in [1.29, 1.82) is 0 Å². The second kappa shape index (κ2) is 3.92. The summed E-state index contributed by atoms with van der Waals surface area (Å²) in [6.45, 7) is 2.26. The molecule has 0 bridgehead atoms. The molecule has 0 aromatic carbocycles. The second-order valence-corrected chi connectivity index (χ2v) is 3.88. The number of aromatic nitrogens is 2. The number of nitrogens with one attached hydrogen (secondary N) is 1. The van der Waals surface area contributed by atoms with Crippen molar-refractivity contribution >= 4 is 0 Å². The second-order valence-electron chi connectivity index (χ2n) is 3.88. The highest BCUT2D eigenvalue weighted by atomic mass is 15.2. The Hall–Kier alpha value is -0.830. The van der Waals surface area contributed by atoms with E-state index in [1.54, 1.807) is 0 Å². The topological polar surface area (TPSA) is 29.9 Å². The zero-order valence-corrected chi connectivity index (χ0v) is 8.16. The summed E-state index contributed by atoms with van der Waals surface area (Å²) in [5.41, 5.74) is 1.19. The fourth-order valence-electron chi connectivity index (χ4n) is 1.44. The van der Waals surface area contributed by atoms with Crippen LogP contribution in [-0.2, 0) is 13.5 Å². The van der Waals surface area contributed by atoms with Gasteiger partial charge >= 0.3 is 0 Å². The summed E-state index contributed by atoms with van der Waals surface area (Å²) in [7, 11) is 1.96. The number of rotatable bonds is 5. The van der Waals surface area contributed by atoms with Gasteiger partial charge < -0.3 is 5.32 Å². The lowest BCUT2D eigenvalue weighted by atomic mass is 10.3. The largest absolute Gasteiger partial charge is 0.316 e. The summed E-state index contributed by atoms with van der Waals surface area (Å²) in [6.07, 6.45) is 5.90. The first-order valence-electron chi connectivity index (χ1n) is 5.04. The van der Waals surface area contributed by atoms with Gasteiger partial charge in [0.05, 0.1) is 5.69 Å². The Bertz CT molecular complexity index is 263. The zero-order valence-electron chi connectivity index (χ0n) is 8.16. The minimum atomic E-state index is 0.976. The fraction of sp³-hybridized carbons (Fsp3) is 0.700. The Morgan fingerprint density at radius 1 is 1.62 bits per heavy atom. The molecule has 0 spiro atoms. The van der Waals surface area contributed by atoms with Gasteiger partial charge in [-0.3, -0.25) is 4.68 Å².